The van der Waals surface area contributed by atoms with Crippen LogP contribution in [0.1, 0.15) is 24.4 Å². The topological polar surface area (TPSA) is 49.3 Å². The van der Waals surface area contributed by atoms with Crippen molar-refractivity contribution in [2.45, 2.75) is 18.9 Å². The summed E-state index contributed by atoms with van der Waals surface area (Å²) in [5.74, 6) is -0.706. The molecule has 0 aliphatic heterocycles. The van der Waals surface area contributed by atoms with Crippen LogP contribution < -0.4 is 5.32 Å². The van der Waals surface area contributed by atoms with Crippen molar-refractivity contribution in [2.75, 3.05) is 7.05 Å². The Morgan fingerprint density at radius 1 is 1.50 bits per heavy atom. The highest BCUT2D eigenvalue weighted by Crippen LogP contribution is 2.55. The molecule has 0 spiro atoms. The maximum Gasteiger partial charge on any atom is 0.311 e. The lowest BCUT2D eigenvalue weighted by atomic mass is 9.90. The van der Waals surface area contributed by atoms with Crippen LogP contribution >= 0.6 is 15.9 Å². The summed E-state index contributed by atoms with van der Waals surface area (Å²) in [7, 11) is 1.81. The van der Waals surface area contributed by atoms with E-state index in [1.165, 1.54) is 0 Å². The minimum absolute atomic E-state index is 0.124. The highest BCUT2D eigenvalue weighted by Gasteiger charge is 2.56. The summed E-state index contributed by atoms with van der Waals surface area (Å²) in [5.41, 5.74) is 0.406. The van der Waals surface area contributed by atoms with Crippen molar-refractivity contribution >= 4 is 21.9 Å². The van der Waals surface area contributed by atoms with Crippen molar-refractivity contribution < 1.29 is 9.90 Å². The van der Waals surface area contributed by atoms with Crippen LogP contribution in [-0.4, -0.2) is 18.1 Å². The van der Waals surface area contributed by atoms with Gasteiger partial charge in [0.15, 0.2) is 0 Å². The zero-order valence-electron chi connectivity index (χ0n) is 9.03. The fourth-order valence-electron chi connectivity index (χ4n) is 2.20. The molecule has 1 aliphatic carbocycles. The summed E-state index contributed by atoms with van der Waals surface area (Å²) in [5, 5.41) is 12.4. The fraction of sp³-hybridized carbons (Fsp3) is 0.417. The van der Waals surface area contributed by atoms with Crippen molar-refractivity contribution in [3.63, 3.8) is 0 Å². The Labute approximate surface area is 103 Å². The molecule has 0 heterocycles. The monoisotopic (exact) mass is 283 g/mol. The van der Waals surface area contributed by atoms with Gasteiger partial charge in [0.25, 0.3) is 0 Å². The van der Waals surface area contributed by atoms with Gasteiger partial charge < -0.3 is 10.4 Å². The lowest BCUT2D eigenvalue weighted by molar-refractivity contribution is -0.144. The summed E-state index contributed by atoms with van der Waals surface area (Å²) in [6.45, 7) is 0. The Kier molecular flexibility index (Phi) is 3.04. The predicted octanol–water partition coefficient (Wildman–Crippen LogP) is 2.57. The summed E-state index contributed by atoms with van der Waals surface area (Å²) < 4.78 is 0.960. The van der Waals surface area contributed by atoms with Gasteiger partial charge in [0, 0.05) is 10.5 Å². The molecule has 4 heteroatoms. The maximum atomic E-state index is 11.3. The van der Waals surface area contributed by atoms with Crippen LogP contribution in [0.3, 0.4) is 0 Å². The Bertz CT molecular complexity index is 415. The third-order valence-corrected chi connectivity index (χ3v) is 3.99. The molecule has 0 amide bonds. The number of hydrogen-bond donors (Lipinski definition) is 2. The third kappa shape index (κ3) is 1.76. The standard InChI is InChI=1S/C12H14BrNO2/c1-14-10(12(6-7-12)11(15)16)8-4-2-3-5-9(8)13/h2-5,10,14H,6-7H2,1H3,(H,15,16). The fourth-order valence-corrected chi connectivity index (χ4v) is 2.71. The van der Waals surface area contributed by atoms with Gasteiger partial charge in [-0.1, -0.05) is 34.1 Å². The summed E-state index contributed by atoms with van der Waals surface area (Å²) in [6.07, 6.45) is 1.49. The van der Waals surface area contributed by atoms with E-state index >= 15 is 0 Å². The Morgan fingerprint density at radius 2 is 2.12 bits per heavy atom. The van der Waals surface area contributed by atoms with Gasteiger partial charge in [-0.2, -0.15) is 0 Å². The van der Waals surface area contributed by atoms with E-state index in [1.807, 2.05) is 31.3 Å². The first-order valence-electron chi connectivity index (χ1n) is 5.27. The minimum Gasteiger partial charge on any atom is -0.481 e. The molecule has 3 nitrogen and oxygen atoms in total. The number of carbonyl (C=O) groups is 1. The lowest BCUT2D eigenvalue weighted by Crippen LogP contribution is -2.32. The van der Waals surface area contributed by atoms with Gasteiger partial charge in [-0.15, -0.1) is 0 Å². The first-order chi connectivity index (χ1) is 7.62. The van der Waals surface area contributed by atoms with Gasteiger partial charge in [-0.25, -0.2) is 0 Å². The lowest BCUT2D eigenvalue weighted by Gasteiger charge is -2.24. The third-order valence-electron chi connectivity index (χ3n) is 3.27. The molecule has 0 radical (unpaired) electrons. The summed E-state index contributed by atoms with van der Waals surface area (Å²) in [4.78, 5) is 11.3. The quantitative estimate of drug-likeness (QED) is 0.893. The highest BCUT2D eigenvalue weighted by atomic mass is 79.9. The molecule has 0 aromatic heterocycles. The van der Waals surface area contributed by atoms with Gasteiger partial charge in [0.05, 0.1) is 5.41 Å². The number of aliphatic carboxylic acids is 1. The molecule has 1 aromatic rings. The molecule has 0 bridgehead atoms. The second-order valence-corrected chi connectivity index (χ2v) is 5.06. The van der Waals surface area contributed by atoms with Crippen LogP contribution in [0.15, 0.2) is 28.7 Å². The van der Waals surface area contributed by atoms with Crippen LogP contribution in [0.2, 0.25) is 0 Å². The number of benzene rings is 1. The molecule has 2 rings (SSSR count). The van der Waals surface area contributed by atoms with Crippen molar-refractivity contribution in [3.05, 3.63) is 34.3 Å². The summed E-state index contributed by atoms with van der Waals surface area (Å²) in [6, 6.07) is 7.65. The molecule has 1 aromatic carbocycles. The van der Waals surface area contributed by atoms with Crippen LogP contribution in [0.25, 0.3) is 0 Å². The van der Waals surface area contributed by atoms with Gasteiger partial charge in [-0.3, -0.25) is 4.79 Å². The van der Waals surface area contributed by atoms with E-state index in [1.54, 1.807) is 0 Å². The van der Waals surface area contributed by atoms with Crippen molar-refractivity contribution in [2.24, 2.45) is 5.41 Å². The Morgan fingerprint density at radius 3 is 2.56 bits per heavy atom. The van der Waals surface area contributed by atoms with Gasteiger partial charge in [0.2, 0.25) is 0 Å². The second-order valence-electron chi connectivity index (χ2n) is 4.20. The Balaban J connectivity index is 2.38. The molecule has 1 atom stereocenters. The average molecular weight is 284 g/mol. The number of hydrogen-bond acceptors (Lipinski definition) is 2. The Hall–Kier alpha value is -0.870. The van der Waals surface area contributed by atoms with Crippen LogP contribution in [0.4, 0.5) is 0 Å². The first-order valence-corrected chi connectivity index (χ1v) is 6.06. The first kappa shape index (κ1) is 11.6. The normalized spacial score (nSPS) is 19.1. The molecule has 0 saturated heterocycles. The molecule has 16 heavy (non-hydrogen) atoms. The largest absolute Gasteiger partial charge is 0.481 e. The van der Waals surface area contributed by atoms with Crippen molar-refractivity contribution in [1.82, 2.24) is 5.32 Å². The highest BCUT2D eigenvalue weighted by molar-refractivity contribution is 9.10. The smallest absolute Gasteiger partial charge is 0.311 e. The second kappa shape index (κ2) is 4.18. The van der Waals surface area contributed by atoms with Crippen molar-refractivity contribution in [1.29, 1.82) is 0 Å². The van der Waals surface area contributed by atoms with Crippen molar-refractivity contribution in [3.8, 4) is 0 Å². The van der Waals surface area contributed by atoms with E-state index in [9.17, 15) is 9.90 Å². The maximum absolute atomic E-state index is 11.3. The number of carboxylic acid groups (broad SMARTS) is 1. The van der Waals surface area contributed by atoms with Gasteiger partial charge in [0.1, 0.15) is 0 Å². The van der Waals surface area contributed by atoms with E-state index in [0.717, 1.165) is 22.9 Å². The average Bonchev–Trinajstić information content (AvgIpc) is 3.03. The zero-order chi connectivity index (χ0) is 11.8. The molecule has 86 valence electrons. The minimum atomic E-state index is -0.706. The van der Waals surface area contributed by atoms with Crippen LogP contribution in [0.5, 0.6) is 0 Å². The summed E-state index contributed by atoms with van der Waals surface area (Å²) >= 11 is 3.47. The number of carboxylic acids is 1. The molecule has 1 aliphatic rings. The molecule has 1 fully saturated rings. The number of rotatable bonds is 4. The van der Waals surface area contributed by atoms with E-state index < -0.39 is 11.4 Å². The predicted molar refractivity (Wildman–Crippen MR) is 65.2 cm³/mol. The van der Waals surface area contributed by atoms with E-state index in [0.29, 0.717) is 0 Å². The number of nitrogens with one attached hydrogen (secondary N) is 1. The molecule has 1 unspecified atom stereocenters. The van der Waals surface area contributed by atoms with Gasteiger partial charge in [-0.05, 0) is 31.5 Å². The van der Waals surface area contributed by atoms with E-state index in [4.69, 9.17) is 0 Å². The molecular formula is C12H14BrNO2. The van der Waals surface area contributed by atoms with Crippen LogP contribution in [0, 0.1) is 5.41 Å². The SMILES string of the molecule is CNC(c1ccccc1Br)C1(C(=O)O)CC1. The molecular weight excluding hydrogens is 270 g/mol. The van der Waals surface area contributed by atoms with Gasteiger partial charge >= 0.3 is 5.97 Å². The van der Waals surface area contributed by atoms with E-state index in [-0.39, 0.29) is 6.04 Å². The molecule has 1 saturated carbocycles. The zero-order valence-corrected chi connectivity index (χ0v) is 10.6. The number of halogens is 1. The molecule has 2 N–H and O–H groups in total. The van der Waals surface area contributed by atoms with E-state index in [2.05, 4.69) is 21.2 Å². The van der Waals surface area contributed by atoms with Crippen LogP contribution in [-0.2, 0) is 4.79 Å².